The summed E-state index contributed by atoms with van der Waals surface area (Å²) < 4.78 is 0. The molecule has 1 heterocycles. The Kier molecular flexibility index (Phi) is 2.49. The molecule has 20 heavy (non-hydrogen) atoms. The fraction of sp³-hybridized carbons (Fsp3) is 0. The van der Waals surface area contributed by atoms with Gasteiger partial charge in [-0.15, -0.1) is 0 Å². The molecule has 0 aliphatic heterocycles. The van der Waals surface area contributed by atoms with E-state index in [-0.39, 0.29) is 0 Å². The molecule has 94 valence electrons. The summed E-state index contributed by atoms with van der Waals surface area (Å²) in [7, 11) is 0. The van der Waals surface area contributed by atoms with E-state index in [0.29, 0.717) is 0 Å². The predicted molar refractivity (Wildman–Crippen MR) is 83.1 cm³/mol. The standard InChI is InChI=1S/C19H13N/c1-2-7-14(8-3-1)13-18-15-9-4-5-10-16(15)19-17(18)11-6-12-20-19/h1-13H/b18-13-. The second-order valence-electron chi connectivity index (χ2n) is 4.91. The molecule has 0 atom stereocenters. The minimum atomic E-state index is 1.09. The third kappa shape index (κ3) is 1.68. The number of hydrogen-bond donors (Lipinski definition) is 0. The highest BCUT2D eigenvalue weighted by Crippen LogP contribution is 2.43. The third-order valence-corrected chi connectivity index (χ3v) is 3.68. The van der Waals surface area contributed by atoms with Gasteiger partial charge in [0.1, 0.15) is 0 Å². The van der Waals surface area contributed by atoms with E-state index < -0.39 is 0 Å². The first-order chi connectivity index (χ1) is 9.93. The molecule has 0 spiro atoms. The van der Waals surface area contributed by atoms with Gasteiger partial charge in [0, 0.05) is 17.3 Å². The first-order valence-electron chi connectivity index (χ1n) is 6.75. The van der Waals surface area contributed by atoms with Crippen LogP contribution in [0.4, 0.5) is 0 Å². The number of benzene rings is 2. The van der Waals surface area contributed by atoms with Crippen molar-refractivity contribution >= 4 is 11.6 Å². The smallest absolute Gasteiger partial charge is 0.0786 e. The van der Waals surface area contributed by atoms with Gasteiger partial charge in [-0.05, 0) is 28.8 Å². The summed E-state index contributed by atoms with van der Waals surface area (Å²) in [6, 6.07) is 23.1. The minimum absolute atomic E-state index is 1.09. The van der Waals surface area contributed by atoms with E-state index in [0.717, 1.165) is 5.69 Å². The van der Waals surface area contributed by atoms with Crippen LogP contribution in [-0.2, 0) is 0 Å². The summed E-state index contributed by atoms with van der Waals surface area (Å²) in [6.07, 6.45) is 4.10. The maximum Gasteiger partial charge on any atom is 0.0786 e. The second kappa shape index (κ2) is 4.46. The topological polar surface area (TPSA) is 12.9 Å². The van der Waals surface area contributed by atoms with Crippen molar-refractivity contribution in [2.45, 2.75) is 0 Å². The maximum atomic E-state index is 4.55. The van der Waals surface area contributed by atoms with Crippen molar-refractivity contribution < 1.29 is 0 Å². The van der Waals surface area contributed by atoms with Crippen LogP contribution < -0.4 is 0 Å². The summed E-state index contributed by atoms with van der Waals surface area (Å²) >= 11 is 0. The van der Waals surface area contributed by atoms with Gasteiger partial charge in [-0.1, -0.05) is 60.7 Å². The van der Waals surface area contributed by atoms with Gasteiger partial charge in [0.05, 0.1) is 5.69 Å². The summed E-state index contributed by atoms with van der Waals surface area (Å²) in [5.74, 6) is 0. The van der Waals surface area contributed by atoms with Crippen LogP contribution in [0.15, 0.2) is 72.9 Å². The molecular weight excluding hydrogens is 242 g/mol. The molecule has 1 heteroatoms. The second-order valence-corrected chi connectivity index (χ2v) is 4.91. The number of rotatable bonds is 1. The first-order valence-corrected chi connectivity index (χ1v) is 6.75. The van der Waals surface area contributed by atoms with Gasteiger partial charge in [-0.3, -0.25) is 4.98 Å². The summed E-state index contributed by atoms with van der Waals surface area (Å²) in [5, 5.41) is 0. The monoisotopic (exact) mass is 255 g/mol. The van der Waals surface area contributed by atoms with Gasteiger partial charge in [-0.25, -0.2) is 0 Å². The van der Waals surface area contributed by atoms with Crippen LogP contribution in [0.25, 0.3) is 22.9 Å². The quantitative estimate of drug-likeness (QED) is 0.482. The number of hydrogen-bond acceptors (Lipinski definition) is 1. The molecule has 0 saturated carbocycles. The van der Waals surface area contributed by atoms with Crippen molar-refractivity contribution in [3.05, 3.63) is 89.6 Å². The lowest BCUT2D eigenvalue weighted by molar-refractivity contribution is 1.33. The molecule has 0 fully saturated rings. The lowest BCUT2D eigenvalue weighted by Crippen LogP contribution is -1.82. The summed E-state index contributed by atoms with van der Waals surface area (Å²) in [6.45, 7) is 0. The zero-order valence-corrected chi connectivity index (χ0v) is 11.0. The van der Waals surface area contributed by atoms with Crippen molar-refractivity contribution in [2.24, 2.45) is 0 Å². The highest BCUT2D eigenvalue weighted by Gasteiger charge is 2.23. The van der Waals surface area contributed by atoms with Crippen molar-refractivity contribution in [1.82, 2.24) is 4.98 Å². The van der Waals surface area contributed by atoms with Gasteiger partial charge >= 0.3 is 0 Å². The normalized spacial score (nSPS) is 14.1. The van der Waals surface area contributed by atoms with Crippen molar-refractivity contribution in [3.8, 4) is 11.3 Å². The van der Waals surface area contributed by atoms with E-state index in [9.17, 15) is 0 Å². The molecule has 0 radical (unpaired) electrons. The molecule has 2 aromatic carbocycles. The van der Waals surface area contributed by atoms with Crippen molar-refractivity contribution in [1.29, 1.82) is 0 Å². The van der Waals surface area contributed by atoms with Gasteiger partial charge in [0.25, 0.3) is 0 Å². The van der Waals surface area contributed by atoms with E-state index in [1.807, 2.05) is 18.3 Å². The van der Waals surface area contributed by atoms with E-state index >= 15 is 0 Å². The Morgan fingerprint density at radius 1 is 0.650 bits per heavy atom. The maximum absolute atomic E-state index is 4.55. The van der Waals surface area contributed by atoms with Crippen LogP contribution in [-0.4, -0.2) is 4.98 Å². The molecule has 0 amide bonds. The van der Waals surface area contributed by atoms with Gasteiger partial charge < -0.3 is 0 Å². The van der Waals surface area contributed by atoms with Crippen LogP contribution in [0, 0.1) is 0 Å². The molecule has 1 aromatic heterocycles. The molecular formula is C19H13N. The zero-order valence-electron chi connectivity index (χ0n) is 11.0. The fourth-order valence-electron chi connectivity index (χ4n) is 2.78. The number of nitrogens with zero attached hydrogens (tertiary/aromatic N) is 1. The van der Waals surface area contributed by atoms with Crippen LogP contribution >= 0.6 is 0 Å². The zero-order chi connectivity index (χ0) is 13.4. The van der Waals surface area contributed by atoms with Crippen LogP contribution in [0.2, 0.25) is 0 Å². The Morgan fingerprint density at radius 3 is 2.20 bits per heavy atom. The van der Waals surface area contributed by atoms with Gasteiger partial charge in [-0.2, -0.15) is 0 Å². The Labute approximate surface area is 118 Å². The Balaban J connectivity index is 1.99. The van der Waals surface area contributed by atoms with E-state index in [4.69, 9.17) is 0 Å². The minimum Gasteiger partial charge on any atom is -0.256 e. The largest absolute Gasteiger partial charge is 0.256 e. The fourth-order valence-corrected chi connectivity index (χ4v) is 2.78. The van der Waals surface area contributed by atoms with Crippen molar-refractivity contribution in [2.75, 3.05) is 0 Å². The summed E-state index contributed by atoms with van der Waals surface area (Å²) in [5.41, 5.74) is 7.28. The molecule has 0 saturated heterocycles. The Bertz CT molecular complexity index is 753. The Hall–Kier alpha value is -2.67. The lowest BCUT2D eigenvalue weighted by Gasteiger charge is -2.02. The van der Waals surface area contributed by atoms with E-state index in [1.165, 1.54) is 27.8 Å². The number of fused-ring (bicyclic) bond motifs is 3. The lowest BCUT2D eigenvalue weighted by atomic mass is 10.0. The average Bonchev–Trinajstić information content (AvgIpc) is 2.84. The summed E-state index contributed by atoms with van der Waals surface area (Å²) in [4.78, 5) is 4.55. The molecule has 1 aliphatic rings. The molecule has 4 rings (SSSR count). The van der Waals surface area contributed by atoms with Gasteiger partial charge in [0.15, 0.2) is 0 Å². The van der Waals surface area contributed by atoms with Crippen LogP contribution in [0.1, 0.15) is 16.7 Å². The molecule has 0 unspecified atom stereocenters. The molecule has 3 aromatic rings. The highest BCUT2D eigenvalue weighted by molar-refractivity contribution is 6.05. The van der Waals surface area contributed by atoms with Gasteiger partial charge in [0.2, 0.25) is 0 Å². The number of aromatic nitrogens is 1. The molecule has 0 N–H and O–H groups in total. The number of pyridine rings is 1. The van der Waals surface area contributed by atoms with E-state index in [2.05, 4.69) is 65.7 Å². The van der Waals surface area contributed by atoms with Crippen LogP contribution in [0.3, 0.4) is 0 Å². The van der Waals surface area contributed by atoms with Crippen molar-refractivity contribution in [3.63, 3.8) is 0 Å². The average molecular weight is 255 g/mol. The molecule has 1 nitrogen and oxygen atoms in total. The molecule has 0 bridgehead atoms. The predicted octanol–water partition coefficient (Wildman–Crippen LogP) is 4.65. The highest BCUT2D eigenvalue weighted by atomic mass is 14.7. The molecule has 1 aliphatic carbocycles. The first kappa shape index (κ1) is 11.2. The third-order valence-electron chi connectivity index (χ3n) is 3.68. The van der Waals surface area contributed by atoms with E-state index in [1.54, 1.807) is 0 Å². The SMILES string of the molecule is C(=C1\c2ccccc2-c2ncccc21)/c1ccccc1. The Morgan fingerprint density at radius 2 is 1.35 bits per heavy atom. The van der Waals surface area contributed by atoms with Crippen LogP contribution in [0.5, 0.6) is 0 Å².